The Hall–Kier alpha value is -1.91. The van der Waals surface area contributed by atoms with E-state index in [0.717, 1.165) is 42.7 Å². The van der Waals surface area contributed by atoms with Gasteiger partial charge in [-0.25, -0.2) is 15.0 Å². The highest BCUT2D eigenvalue weighted by atomic mass is 15.1. The van der Waals surface area contributed by atoms with Gasteiger partial charge in [-0.2, -0.15) is 0 Å². The first-order chi connectivity index (χ1) is 9.80. The quantitative estimate of drug-likeness (QED) is 0.877. The van der Waals surface area contributed by atoms with Gasteiger partial charge >= 0.3 is 0 Å². The van der Waals surface area contributed by atoms with Crippen molar-refractivity contribution in [3.8, 4) is 0 Å². The summed E-state index contributed by atoms with van der Waals surface area (Å²) in [6.07, 6.45) is 7.08. The summed E-state index contributed by atoms with van der Waals surface area (Å²) in [6.45, 7) is 6.04. The smallest absolute Gasteiger partial charge is 0.134 e. The summed E-state index contributed by atoms with van der Waals surface area (Å²) in [4.78, 5) is 13.8. The molecular formula is C15H21N5. The molecule has 0 aromatic carbocycles. The molecule has 1 fully saturated rings. The van der Waals surface area contributed by atoms with Crippen LogP contribution in [0, 0.1) is 0 Å². The fourth-order valence-electron chi connectivity index (χ4n) is 2.36. The maximum atomic E-state index is 4.72. The van der Waals surface area contributed by atoms with E-state index in [4.69, 9.17) is 4.98 Å². The summed E-state index contributed by atoms with van der Waals surface area (Å²) in [6, 6.07) is 2.05. The minimum absolute atomic E-state index is 0.568. The number of hydrogen-bond acceptors (Lipinski definition) is 4. The Bertz CT molecular complexity index is 586. The zero-order chi connectivity index (χ0) is 13.9. The highest BCUT2D eigenvalue weighted by Crippen LogP contribution is 2.38. The van der Waals surface area contributed by atoms with E-state index in [-0.39, 0.29) is 0 Å². The first kappa shape index (κ1) is 13.1. The molecule has 1 aliphatic carbocycles. The van der Waals surface area contributed by atoms with Gasteiger partial charge in [0.2, 0.25) is 0 Å². The number of nitrogens with one attached hydrogen (secondary N) is 1. The van der Waals surface area contributed by atoms with Gasteiger partial charge in [-0.3, -0.25) is 0 Å². The van der Waals surface area contributed by atoms with E-state index in [0.29, 0.717) is 5.92 Å². The SMILES string of the molecule is CCNc1cc(Cc2nccn2CC)nc(C2CC2)n1. The zero-order valence-electron chi connectivity index (χ0n) is 12.1. The Morgan fingerprint density at radius 1 is 1.30 bits per heavy atom. The van der Waals surface area contributed by atoms with Gasteiger partial charge in [0.15, 0.2) is 0 Å². The molecule has 0 amide bonds. The lowest BCUT2D eigenvalue weighted by Crippen LogP contribution is -2.08. The topological polar surface area (TPSA) is 55.6 Å². The van der Waals surface area contributed by atoms with Gasteiger partial charge in [0, 0.05) is 43.9 Å². The molecule has 3 rings (SSSR count). The van der Waals surface area contributed by atoms with E-state index in [1.165, 1.54) is 12.8 Å². The molecule has 1 N–H and O–H groups in total. The van der Waals surface area contributed by atoms with Crippen molar-refractivity contribution in [3.63, 3.8) is 0 Å². The molecule has 5 nitrogen and oxygen atoms in total. The number of aromatic nitrogens is 4. The number of nitrogens with zero attached hydrogens (tertiary/aromatic N) is 4. The summed E-state index contributed by atoms with van der Waals surface area (Å²) in [5, 5.41) is 3.30. The average molecular weight is 271 g/mol. The van der Waals surface area contributed by atoms with Gasteiger partial charge in [0.05, 0.1) is 5.69 Å². The van der Waals surface area contributed by atoms with Crippen molar-refractivity contribution < 1.29 is 0 Å². The monoisotopic (exact) mass is 271 g/mol. The Labute approximate surface area is 119 Å². The maximum Gasteiger partial charge on any atom is 0.134 e. The largest absolute Gasteiger partial charge is 0.370 e. The summed E-state index contributed by atoms with van der Waals surface area (Å²) in [5.41, 5.74) is 1.05. The van der Waals surface area contributed by atoms with Crippen LogP contribution in [-0.2, 0) is 13.0 Å². The molecule has 0 radical (unpaired) electrons. The second-order valence-electron chi connectivity index (χ2n) is 5.21. The third kappa shape index (κ3) is 2.81. The summed E-state index contributed by atoms with van der Waals surface area (Å²) < 4.78 is 2.16. The summed E-state index contributed by atoms with van der Waals surface area (Å²) in [7, 11) is 0. The normalized spacial score (nSPS) is 14.5. The zero-order valence-corrected chi connectivity index (χ0v) is 12.1. The molecule has 0 atom stereocenters. The van der Waals surface area contributed by atoms with Crippen LogP contribution in [0.4, 0.5) is 5.82 Å². The minimum Gasteiger partial charge on any atom is -0.370 e. The van der Waals surface area contributed by atoms with Crippen molar-refractivity contribution >= 4 is 5.82 Å². The lowest BCUT2D eigenvalue weighted by Gasteiger charge is -2.09. The molecule has 2 aromatic rings. The third-order valence-corrected chi connectivity index (χ3v) is 3.58. The van der Waals surface area contributed by atoms with Crippen LogP contribution in [0.3, 0.4) is 0 Å². The standard InChI is InChI=1S/C15H21N5/c1-3-16-13-9-12(18-15(19-13)11-5-6-11)10-14-17-7-8-20(14)4-2/h7-9,11H,3-6,10H2,1-2H3,(H,16,18,19). The van der Waals surface area contributed by atoms with Crippen molar-refractivity contribution in [1.82, 2.24) is 19.5 Å². The first-order valence-corrected chi connectivity index (χ1v) is 7.41. The van der Waals surface area contributed by atoms with Gasteiger partial charge in [-0.15, -0.1) is 0 Å². The molecule has 2 heterocycles. The van der Waals surface area contributed by atoms with Crippen LogP contribution < -0.4 is 5.32 Å². The predicted octanol–water partition coefficient (Wildman–Crippen LogP) is 2.59. The molecule has 20 heavy (non-hydrogen) atoms. The molecule has 1 aliphatic rings. The number of rotatable bonds is 6. The first-order valence-electron chi connectivity index (χ1n) is 7.41. The minimum atomic E-state index is 0.568. The molecule has 5 heteroatoms. The Balaban J connectivity index is 1.87. The molecule has 0 spiro atoms. The van der Waals surface area contributed by atoms with Crippen LogP contribution in [0.2, 0.25) is 0 Å². The Morgan fingerprint density at radius 3 is 2.85 bits per heavy atom. The molecule has 0 unspecified atom stereocenters. The molecule has 0 saturated heterocycles. The Morgan fingerprint density at radius 2 is 2.15 bits per heavy atom. The van der Waals surface area contributed by atoms with Crippen LogP contribution in [0.15, 0.2) is 18.5 Å². The van der Waals surface area contributed by atoms with Crippen molar-refractivity contribution in [2.75, 3.05) is 11.9 Å². The number of imidazole rings is 1. The second kappa shape index (κ2) is 5.61. The second-order valence-corrected chi connectivity index (χ2v) is 5.21. The van der Waals surface area contributed by atoms with Crippen LogP contribution in [-0.4, -0.2) is 26.1 Å². The lowest BCUT2D eigenvalue weighted by molar-refractivity contribution is 0.706. The van der Waals surface area contributed by atoms with Crippen LogP contribution >= 0.6 is 0 Å². The van der Waals surface area contributed by atoms with Crippen molar-refractivity contribution in [3.05, 3.63) is 35.8 Å². The molecule has 0 bridgehead atoms. The number of hydrogen-bond donors (Lipinski definition) is 1. The van der Waals surface area contributed by atoms with E-state index in [1.807, 2.05) is 18.5 Å². The van der Waals surface area contributed by atoms with Gasteiger partial charge in [-0.05, 0) is 26.7 Å². The van der Waals surface area contributed by atoms with E-state index in [9.17, 15) is 0 Å². The number of anilines is 1. The van der Waals surface area contributed by atoms with E-state index < -0.39 is 0 Å². The molecule has 0 aliphatic heterocycles. The Kier molecular flexibility index (Phi) is 3.67. The summed E-state index contributed by atoms with van der Waals surface area (Å²) >= 11 is 0. The van der Waals surface area contributed by atoms with Crippen molar-refractivity contribution in [2.24, 2.45) is 0 Å². The summed E-state index contributed by atoms with van der Waals surface area (Å²) in [5.74, 6) is 3.57. The van der Waals surface area contributed by atoms with E-state index in [1.54, 1.807) is 0 Å². The number of aryl methyl sites for hydroxylation is 1. The molecule has 106 valence electrons. The van der Waals surface area contributed by atoms with Crippen LogP contribution in [0.1, 0.15) is 49.9 Å². The highest BCUT2D eigenvalue weighted by molar-refractivity contribution is 5.37. The highest BCUT2D eigenvalue weighted by Gasteiger charge is 2.27. The fourth-order valence-corrected chi connectivity index (χ4v) is 2.36. The molecule has 1 saturated carbocycles. The van der Waals surface area contributed by atoms with E-state index in [2.05, 4.69) is 33.7 Å². The van der Waals surface area contributed by atoms with Gasteiger partial charge in [0.25, 0.3) is 0 Å². The van der Waals surface area contributed by atoms with Crippen molar-refractivity contribution in [2.45, 2.75) is 45.6 Å². The van der Waals surface area contributed by atoms with Crippen LogP contribution in [0.25, 0.3) is 0 Å². The predicted molar refractivity (Wildman–Crippen MR) is 78.9 cm³/mol. The van der Waals surface area contributed by atoms with Crippen molar-refractivity contribution in [1.29, 1.82) is 0 Å². The molecular weight excluding hydrogens is 250 g/mol. The van der Waals surface area contributed by atoms with E-state index >= 15 is 0 Å². The molecule has 2 aromatic heterocycles. The van der Waals surface area contributed by atoms with Gasteiger partial charge in [-0.1, -0.05) is 0 Å². The fraction of sp³-hybridized carbons (Fsp3) is 0.533. The van der Waals surface area contributed by atoms with Gasteiger partial charge < -0.3 is 9.88 Å². The van der Waals surface area contributed by atoms with Gasteiger partial charge in [0.1, 0.15) is 17.5 Å². The maximum absolute atomic E-state index is 4.72. The average Bonchev–Trinajstić information content (AvgIpc) is 3.20. The third-order valence-electron chi connectivity index (χ3n) is 3.58. The lowest BCUT2D eigenvalue weighted by atomic mass is 10.2. The van der Waals surface area contributed by atoms with Crippen LogP contribution in [0.5, 0.6) is 0 Å².